The topological polar surface area (TPSA) is 67.4 Å². The van der Waals surface area contributed by atoms with Gasteiger partial charge in [-0.2, -0.15) is 0 Å². The molecule has 1 aliphatic heterocycles. The number of hydrogen-bond acceptors (Lipinski definition) is 3. The molecule has 5 nitrogen and oxygen atoms in total. The maximum Gasteiger partial charge on any atom is 0.407 e. The zero-order valence-electron chi connectivity index (χ0n) is 12.9. The van der Waals surface area contributed by atoms with Crippen molar-refractivity contribution in [2.45, 2.75) is 18.9 Å². The number of cyclic esters (lactones) is 1. The lowest BCUT2D eigenvalue weighted by atomic mass is 10.1. The highest BCUT2D eigenvalue weighted by molar-refractivity contribution is 5.90. The SMILES string of the molecule is O=C(CCc1ccc(F)cc1)Nc1ccc(C2CNC(=O)O2)cc1. The molecule has 0 spiro atoms. The highest BCUT2D eigenvalue weighted by Crippen LogP contribution is 2.22. The second kappa shape index (κ2) is 7.12. The van der Waals surface area contributed by atoms with E-state index in [1.165, 1.54) is 12.1 Å². The molecule has 2 aromatic carbocycles. The fourth-order valence-corrected chi connectivity index (χ4v) is 2.49. The van der Waals surface area contributed by atoms with E-state index in [0.717, 1.165) is 11.1 Å². The average Bonchev–Trinajstić information content (AvgIpc) is 3.01. The molecule has 0 saturated carbocycles. The van der Waals surface area contributed by atoms with E-state index in [1.54, 1.807) is 24.3 Å². The predicted octanol–water partition coefficient (Wildman–Crippen LogP) is 3.18. The van der Waals surface area contributed by atoms with Gasteiger partial charge in [-0.25, -0.2) is 9.18 Å². The van der Waals surface area contributed by atoms with E-state index in [1.807, 2.05) is 12.1 Å². The molecule has 1 aliphatic rings. The zero-order chi connectivity index (χ0) is 16.9. The molecule has 3 rings (SSSR count). The van der Waals surface area contributed by atoms with E-state index >= 15 is 0 Å². The quantitative estimate of drug-likeness (QED) is 0.886. The molecule has 1 heterocycles. The maximum atomic E-state index is 12.8. The summed E-state index contributed by atoms with van der Waals surface area (Å²) in [5.74, 6) is -0.396. The summed E-state index contributed by atoms with van der Waals surface area (Å²) in [4.78, 5) is 23.0. The zero-order valence-corrected chi connectivity index (χ0v) is 12.9. The number of anilines is 1. The lowest BCUT2D eigenvalue weighted by Gasteiger charge is -2.10. The Morgan fingerprint density at radius 1 is 1.17 bits per heavy atom. The summed E-state index contributed by atoms with van der Waals surface area (Å²) >= 11 is 0. The van der Waals surface area contributed by atoms with Crippen LogP contribution in [0.3, 0.4) is 0 Å². The van der Waals surface area contributed by atoms with Crippen LogP contribution in [0.15, 0.2) is 48.5 Å². The Labute approximate surface area is 138 Å². The van der Waals surface area contributed by atoms with Crippen LogP contribution < -0.4 is 10.6 Å². The summed E-state index contributed by atoms with van der Waals surface area (Å²) < 4.78 is 17.9. The van der Waals surface area contributed by atoms with Crippen molar-refractivity contribution in [3.63, 3.8) is 0 Å². The molecule has 24 heavy (non-hydrogen) atoms. The minimum Gasteiger partial charge on any atom is -0.439 e. The third-order valence-corrected chi connectivity index (χ3v) is 3.80. The third kappa shape index (κ3) is 4.10. The summed E-state index contributed by atoms with van der Waals surface area (Å²) in [6, 6.07) is 13.3. The molecule has 1 atom stereocenters. The van der Waals surface area contributed by atoms with Crippen molar-refractivity contribution in [1.29, 1.82) is 0 Å². The Balaban J connectivity index is 1.51. The van der Waals surface area contributed by atoms with Gasteiger partial charge in [0.25, 0.3) is 0 Å². The van der Waals surface area contributed by atoms with E-state index in [-0.39, 0.29) is 17.8 Å². The number of benzene rings is 2. The van der Waals surface area contributed by atoms with Crippen LogP contribution in [-0.2, 0) is 16.0 Å². The summed E-state index contributed by atoms with van der Waals surface area (Å²) in [6.45, 7) is 0.447. The van der Waals surface area contributed by atoms with Gasteiger partial charge in [-0.05, 0) is 41.8 Å². The molecule has 1 unspecified atom stereocenters. The van der Waals surface area contributed by atoms with E-state index < -0.39 is 6.09 Å². The number of hydrogen-bond donors (Lipinski definition) is 2. The molecular formula is C18H17FN2O3. The Morgan fingerprint density at radius 2 is 1.88 bits per heavy atom. The number of carbonyl (C=O) groups is 2. The van der Waals surface area contributed by atoms with Crippen LogP contribution in [0, 0.1) is 5.82 Å². The molecule has 0 aromatic heterocycles. The molecule has 2 aromatic rings. The summed E-state index contributed by atoms with van der Waals surface area (Å²) in [5.41, 5.74) is 2.47. The van der Waals surface area contributed by atoms with Crippen LogP contribution in [0.25, 0.3) is 0 Å². The van der Waals surface area contributed by atoms with Crippen molar-refractivity contribution < 1.29 is 18.7 Å². The van der Waals surface area contributed by atoms with E-state index in [4.69, 9.17) is 4.74 Å². The minimum atomic E-state index is -0.418. The molecule has 0 radical (unpaired) electrons. The first-order chi connectivity index (χ1) is 11.6. The number of amides is 2. The molecule has 2 N–H and O–H groups in total. The van der Waals surface area contributed by atoms with Gasteiger partial charge >= 0.3 is 6.09 Å². The van der Waals surface area contributed by atoms with Crippen LogP contribution in [0.1, 0.15) is 23.7 Å². The third-order valence-electron chi connectivity index (χ3n) is 3.80. The number of rotatable bonds is 5. The first-order valence-corrected chi connectivity index (χ1v) is 7.69. The number of nitrogens with one attached hydrogen (secondary N) is 2. The van der Waals surface area contributed by atoms with E-state index in [9.17, 15) is 14.0 Å². The standard InChI is InChI=1S/C18H17FN2O3/c19-14-6-1-12(2-7-14)3-10-17(22)21-15-8-4-13(5-9-15)16-11-20-18(23)24-16/h1-2,4-9,16H,3,10-11H2,(H,20,23)(H,21,22). The van der Waals surface area contributed by atoms with Crippen LogP contribution in [0.4, 0.5) is 14.9 Å². The van der Waals surface area contributed by atoms with Crippen molar-refractivity contribution >= 4 is 17.7 Å². The van der Waals surface area contributed by atoms with Gasteiger partial charge in [-0.15, -0.1) is 0 Å². The number of carbonyl (C=O) groups excluding carboxylic acids is 2. The summed E-state index contributed by atoms with van der Waals surface area (Å²) in [5, 5.41) is 5.41. The Kier molecular flexibility index (Phi) is 4.74. The van der Waals surface area contributed by atoms with Gasteiger partial charge in [0.15, 0.2) is 0 Å². The van der Waals surface area contributed by atoms with Crippen LogP contribution in [0.5, 0.6) is 0 Å². The van der Waals surface area contributed by atoms with E-state index in [0.29, 0.717) is 25.1 Å². The molecule has 124 valence electrons. The molecular weight excluding hydrogens is 311 g/mol. The second-order valence-corrected chi connectivity index (χ2v) is 5.57. The first-order valence-electron chi connectivity index (χ1n) is 7.69. The normalized spacial score (nSPS) is 16.4. The monoisotopic (exact) mass is 328 g/mol. The Bertz CT molecular complexity index is 729. The van der Waals surface area contributed by atoms with Gasteiger partial charge in [0.1, 0.15) is 11.9 Å². The summed E-state index contributed by atoms with van der Waals surface area (Å²) in [7, 11) is 0. The predicted molar refractivity (Wildman–Crippen MR) is 87.0 cm³/mol. The van der Waals surface area contributed by atoms with Gasteiger partial charge in [0.05, 0.1) is 6.54 Å². The first kappa shape index (κ1) is 16.0. The molecule has 1 saturated heterocycles. The van der Waals surface area contributed by atoms with Crippen molar-refractivity contribution in [3.05, 3.63) is 65.5 Å². The van der Waals surface area contributed by atoms with Gasteiger partial charge in [0, 0.05) is 12.1 Å². The second-order valence-electron chi connectivity index (χ2n) is 5.57. The molecule has 1 fully saturated rings. The fourth-order valence-electron chi connectivity index (χ4n) is 2.49. The van der Waals surface area contributed by atoms with Crippen molar-refractivity contribution in [2.75, 3.05) is 11.9 Å². The largest absolute Gasteiger partial charge is 0.439 e. The number of ether oxygens (including phenoxy) is 1. The number of halogens is 1. The Hall–Kier alpha value is -2.89. The summed E-state index contributed by atoms with van der Waals surface area (Å²) in [6.07, 6.45) is 0.157. The smallest absolute Gasteiger partial charge is 0.407 e. The molecule has 6 heteroatoms. The van der Waals surface area contributed by atoms with E-state index in [2.05, 4.69) is 10.6 Å². The maximum absolute atomic E-state index is 12.8. The van der Waals surface area contributed by atoms with Crippen LogP contribution >= 0.6 is 0 Å². The molecule has 2 amide bonds. The average molecular weight is 328 g/mol. The van der Waals surface area contributed by atoms with Crippen LogP contribution in [-0.4, -0.2) is 18.5 Å². The fraction of sp³-hybridized carbons (Fsp3) is 0.222. The van der Waals surface area contributed by atoms with Gasteiger partial charge in [-0.1, -0.05) is 24.3 Å². The molecule has 0 bridgehead atoms. The lowest BCUT2D eigenvalue weighted by Crippen LogP contribution is -2.13. The lowest BCUT2D eigenvalue weighted by molar-refractivity contribution is -0.116. The van der Waals surface area contributed by atoms with Crippen molar-refractivity contribution in [3.8, 4) is 0 Å². The minimum absolute atomic E-state index is 0.110. The van der Waals surface area contributed by atoms with Gasteiger partial charge < -0.3 is 15.4 Å². The van der Waals surface area contributed by atoms with Crippen molar-refractivity contribution in [1.82, 2.24) is 5.32 Å². The molecule has 0 aliphatic carbocycles. The van der Waals surface area contributed by atoms with Crippen molar-refractivity contribution in [2.24, 2.45) is 0 Å². The Morgan fingerprint density at radius 3 is 2.50 bits per heavy atom. The number of alkyl carbamates (subject to hydrolysis) is 1. The van der Waals surface area contributed by atoms with Gasteiger partial charge in [0.2, 0.25) is 5.91 Å². The van der Waals surface area contributed by atoms with Crippen LogP contribution in [0.2, 0.25) is 0 Å². The number of aryl methyl sites for hydroxylation is 1. The highest BCUT2D eigenvalue weighted by Gasteiger charge is 2.23. The van der Waals surface area contributed by atoms with Gasteiger partial charge in [-0.3, -0.25) is 4.79 Å². The highest BCUT2D eigenvalue weighted by atomic mass is 19.1.